The topological polar surface area (TPSA) is 83.2 Å². The molecule has 0 aliphatic carbocycles. The van der Waals surface area contributed by atoms with Gasteiger partial charge in [-0.25, -0.2) is 0 Å². The number of likely N-dealkylation sites (tertiary alicyclic amines) is 1. The van der Waals surface area contributed by atoms with Crippen LogP contribution in [0.15, 0.2) is 0 Å². The van der Waals surface area contributed by atoms with Crippen LogP contribution >= 0.6 is 0 Å². The van der Waals surface area contributed by atoms with Crippen LogP contribution in [0.5, 0.6) is 0 Å². The highest BCUT2D eigenvalue weighted by atomic mass is 16.2. The number of nitrogens with zero attached hydrogens (tertiary/aromatic N) is 4. The fourth-order valence-corrected chi connectivity index (χ4v) is 2.57. The van der Waals surface area contributed by atoms with Crippen LogP contribution in [-0.2, 0) is 4.79 Å². The summed E-state index contributed by atoms with van der Waals surface area (Å²) in [6, 6.07) is 4.52. The average Bonchev–Trinajstić information content (AvgIpc) is 2.86. The lowest BCUT2D eigenvalue weighted by Gasteiger charge is -2.27. The minimum absolute atomic E-state index is 0.0264. The molecule has 1 aliphatic rings. The number of carbonyl (C=O) groups is 1. The zero-order valence-corrected chi connectivity index (χ0v) is 12.1. The monoisotopic (exact) mass is 277 g/mol. The van der Waals surface area contributed by atoms with Gasteiger partial charge in [0.05, 0.1) is 31.5 Å². The smallest absolute Gasteiger partial charge is 0.236 e. The molecule has 0 radical (unpaired) electrons. The molecule has 0 aromatic carbocycles. The Hall–Kier alpha value is -1.63. The third kappa shape index (κ3) is 5.16. The summed E-state index contributed by atoms with van der Waals surface area (Å²) in [5, 5.41) is 20.5. The SMILES string of the molecule is CNCC1CCCN1CC(=O)N(CCC#N)CCC#N. The van der Waals surface area contributed by atoms with Gasteiger partial charge in [-0.05, 0) is 26.4 Å². The second-order valence-corrected chi connectivity index (χ2v) is 5.02. The van der Waals surface area contributed by atoms with Crippen molar-refractivity contribution >= 4 is 5.91 Å². The molecule has 0 saturated carbocycles. The second-order valence-electron chi connectivity index (χ2n) is 5.02. The lowest BCUT2D eigenvalue weighted by molar-refractivity contribution is -0.132. The van der Waals surface area contributed by atoms with Crippen LogP contribution in [0.1, 0.15) is 25.7 Å². The molecule has 20 heavy (non-hydrogen) atoms. The molecule has 1 N–H and O–H groups in total. The number of nitriles is 2. The van der Waals surface area contributed by atoms with Crippen molar-refractivity contribution in [3.8, 4) is 12.1 Å². The molecule has 6 heteroatoms. The molecule has 0 aromatic rings. The molecule has 1 atom stereocenters. The van der Waals surface area contributed by atoms with E-state index in [9.17, 15) is 4.79 Å². The van der Waals surface area contributed by atoms with Gasteiger partial charge < -0.3 is 10.2 Å². The van der Waals surface area contributed by atoms with Gasteiger partial charge in [-0.2, -0.15) is 10.5 Å². The summed E-state index contributed by atoms with van der Waals surface area (Å²) < 4.78 is 0. The van der Waals surface area contributed by atoms with Crippen LogP contribution in [0.3, 0.4) is 0 Å². The third-order valence-electron chi connectivity index (χ3n) is 3.62. The van der Waals surface area contributed by atoms with E-state index in [0.29, 0.717) is 38.5 Å². The number of carbonyl (C=O) groups excluding carboxylic acids is 1. The van der Waals surface area contributed by atoms with Crippen molar-refractivity contribution in [2.75, 3.05) is 39.8 Å². The molecule has 1 heterocycles. The molecule has 6 nitrogen and oxygen atoms in total. The Morgan fingerprint density at radius 1 is 1.35 bits per heavy atom. The Kier molecular flexibility index (Phi) is 7.64. The number of hydrogen-bond acceptors (Lipinski definition) is 5. The quantitative estimate of drug-likeness (QED) is 0.691. The first-order valence-corrected chi connectivity index (χ1v) is 7.13. The van der Waals surface area contributed by atoms with Gasteiger partial charge in [0, 0.05) is 25.7 Å². The molecule has 1 unspecified atom stereocenters. The molecule has 1 aliphatic heterocycles. The van der Waals surface area contributed by atoms with Gasteiger partial charge in [0.15, 0.2) is 0 Å². The van der Waals surface area contributed by atoms with E-state index in [0.717, 1.165) is 25.9 Å². The Balaban J connectivity index is 2.51. The second kappa shape index (κ2) is 9.30. The van der Waals surface area contributed by atoms with Crippen LogP contribution in [-0.4, -0.2) is 61.5 Å². The first-order chi connectivity index (χ1) is 9.72. The van der Waals surface area contributed by atoms with Crippen LogP contribution in [0, 0.1) is 22.7 Å². The summed E-state index contributed by atoms with van der Waals surface area (Å²) in [6.45, 7) is 3.07. The first kappa shape index (κ1) is 16.4. The van der Waals surface area contributed by atoms with Gasteiger partial charge in [-0.3, -0.25) is 9.69 Å². The Morgan fingerprint density at radius 2 is 2.00 bits per heavy atom. The van der Waals surface area contributed by atoms with Crippen molar-refractivity contribution in [1.29, 1.82) is 10.5 Å². The molecule has 1 amide bonds. The molecular weight excluding hydrogens is 254 g/mol. The zero-order chi connectivity index (χ0) is 14.8. The van der Waals surface area contributed by atoms with Crippen LogP contribution in [0.25, 0.3) is 0 Å². The van der Waals surface area contributed by atoms with Crippen molar-refractivity contribution in [3.63, 3.8) is 0 Å². The van der Waals surface area contributed by atoms with Crippen LogP contribution in [0.2, 0.25) is 0 Å². The molecule has 1 saturated heterocycles. The molecule has 1 rings (SSSR count). The maximum Gasteiger partial charge on any atom is 0.236 e. The summed E-state index contributed by atoms with van der Waals surface area (Å²) in [5.74, 6) is 0.0264. The lowest BCUT2D eigenvalue weighted by atomic mass is 10.2. The number of hydrogen-bond donors (Lipinski definition) is 1. The minimum Gasteiger partial charge on any atom is -0.340 e. The summed E-state index contributed by atoms with van der Waals surface area (Å²) in [6.07, 6.45) is 2.87. The summed E-state index contributed by atoms with van der Waals surface area (Å²) >= 11 is 0. The summed E-state index contributed by atoms with van der Waals surface area (Å²) in [4.78, 5) is 16.1. The number of amides is 1. The predicted octanol–water partition coefficient (Wildman–Crippen LogP) is 0.326. The standard InChI is InChI=1S/C14H23N5O/c1-17-11-13-5-2-8-19(13)12-14(20)18(9-3-6-15)10-4-7-16/h13,17H,2-5,8-12H2,1H3. The van der Waals surface area contributed by atoms with Crippen molar-refractivity contribution in [2.24, 2.45) is 0 Å². The van der Waals surface area contributed by atoms with Crippen LogP contribution < -0.4 is 5.32 Å². The number of likely N-dealkylation sites (N-methyl/N-ethyl adjacent to an activating group) is 1. The highest BCUT2D eigenvalue weighted by Crippen LogP contribution is 2.16. The van der Waals surface area contributed by atoms with Gasteiger partial charge in [-0.15, -0.1) is 0 Å². The lowest BCUT2D eigenvalue weighted by Crippen LogP contribution is -2.45. The minimum atomic E-state index is 0.0264. The summed E-state index contributed by atoms with van der Waals surface area (Å²) in [7, 11) is 1.92. The van der Waals surface area contributed by atoms with E-state index in [2.05, 4.69) is 22.4 Å². The van der Waals surface area contributed by atoms with Crippen molar-refractivity contribution < 1.29 is 4.79 Å². The van der Waals surface area contributed by atoms with Crippen LogP contribution in [0.4, 0.5) is 0 Å². The highest BCUT2D eigenvalue weighted by Gasteiger charge is 2.27. The molecule has 0 bridgehead atoms. The fourth-order valence-electron chi connectivity index (χ4n) is 2.57. The summed E-state index contributed by atoms with van der Waals surface area (Å²) in [5.41, 5.74) is 0. The van der Waals surface area contributed by atoms with Gasteiger partial charge >= 0.3 is 0 Å². The molecule has 110 valence electrons. The molecule has 0 spiro atoms. The zero-order valence-electron chi connectivity index (χ0n) is 12.1. The Labute approximate surface area is 120 Å². The molecular formula is C14H23N5O. The van der Waals surface area contributed by atoms with Crippen molar-refractivity contribution in [3.05, 3.63) is 0 Å². The Morgan fingerprint density at radius 3 is 2.55 bits per heavy atom. The van der Waals surface area contributed by atoms with E-state index < -0.39 is 0 Å². The van der Waals surface area contributed by atoms with Gasteiger partial charge in [0.2, 0.25) is 5.91 Å². The normalized spacial score (nSPS) is 18.4. The van der Waals surface area contributed by atoms with Crippen molar-refractivity contribution in [2.45, 2.75) is 31.7 Å². The first-order valence-electron chi connectivity index (χ1n) is 7.13. The average molecular weight is 277 g/mol. The van der Waals surface area contributed by atoms with E-state index in [1.807, 2.05) is 7.05 Å². The van der Waals surface area contributed by atoms with E-state index in [-0.39, 0.29) is 5.91 Å². The maximum absolute atomic E-state index is 12.3. The molecule has 0 aromatic heterocycles. The van der Waals surface area contributed by atoms with E-state index in [4.69, 9.17) is 10.5 Å². The van der Waals surface area contributed by atoms with Gasteiger partial charge in [0.25, 0.3) is 0 Å². The van der Waals surface area contributed by atoms with Gasteiger partial charge in [-0.1, -0.05) is 0 Å². The maximum atomic E-state index is 12.3. The van der Waals surface area contributed by atoms with E-state index >= 15 is 0 Å². The van der Waals surface area contributed by atoms with E-state index in [1.54, 1.807) is 4.90 Å². The van der Waals surface area contributed by atoms with Gasteiger partial charge in [0.1, 0.15) is 0 Å². The van der Waals surface area contributed by atoms with E-state index in [1.165, 1.54) is 0 Å². The number of nitrogens with one attached hydrogen (secondary N) is 1. The third-order valence-corrected chi connectivity index (χ3v) is 3.62. The fraction of sp³-hybridized carbons (Fsp3) is 0.786. The predicted molar refractivity (Wildman–Crippen MR) is 75.6 cm³/mol. The Bertz CT molecular complexity index is 366. The largest absolute Gasteiger partial charge is 0.340 e. The van der Waals surface area contributed by atoms with Crippen molar-refractivity contribution in [1.82, 2.24) is 15.1 Å². The highest BCUT2D eigenvalue weighted by molar-refractivity contribution is 5.78. The number of rotatable bonds is 8. The molecule has 1 fully saturated rings.